The first-order valence-corrected chi connectivity index (χ1v) is 9.51. The molecule has 152 valence electrons. The van der Waals surface area contributed by atoms with Crippen LogP contribution in [0.2, 0.25) is 0 Å². The summed E-state index contributed by atoms with van der Waals surface area (Å²) in [6.45, 7) is 11.6. The smallest absolute Gasteiger partial charge is 0.323 e. The van der Waals surface area contributed by atoms with Gasteiger partial charge in [0.15, 0.2) is 6.73 Å². The quantitative estimate of drug-likeness (QED) is 0.701. The van der Waals surface area contributed by atoms with Crippen molar-refractivity contribution < 1.29 is 14.3 Å². The van der Waals surface area contributed by atoms with E-state index in [4.69, 9.17) is 4.74 Å². The lowest BCUT2D eigenvalue weighted by Crippen LogP contribution is -2.24. The molecule has 1 aromatic heterocycles. The van der Waals surface area contributed by atoms with Gasteiger partial charge in [0.25, 0.3) is 0 Å². The zero-order chi connectivity index (χ0) is 20.9. The molecule has 2 rings (SSSR count). The fraction of sp³-hybridized carbons (Fsp3) is 0.476. The Morgan fingerprint density at radius 3 is 2.54 bits per heavy atom. The van der Waals surface area contributed by atoms with E-state index in [2.05, 4.69) is 36.5 Å². The molecule has 0 spiro atoms. The summed E-state index contributed by atoms with van der Waals surface area (Å²) in [6.07, 6.45) is 3.96. The molecule has 7 heteroatoms. The van der Waals surface area contributed by atoms with Gasteiger partial charge in [-0.05, 0) is 44.2 Å². The molecule has 0 aliphatic carbocycles. The molecule has 0 saturated heterocycles. The number of nitrogens with zero attached hydrogens (tertiary/aromatic N) is 2. The van der Waals surface area contributed by atoms with Gasteiger partial charge in [0.05, 0.1) is 23.5 Å². The van der Waals surface area contributed by atoms with Gasteiger partial charge in [-0.2, -0.15) is 5.10 Å². The standard InChI is InChI=1S/C21H30N4O3/c1-7-15-9-8-10-17(14(2)3)18(15)24-20(27)23-16-11-22-25(12-16)13-28-19(26)21(4,5)6/h8-12,14H,7,13H2,1-6H3,(H2,23,24,27). The van der Waals surface area contributed by atoms with Gasteiger partial charge < -0.3 is 15.4 Å². The van der Waals surface area contributed by atoms with Crippen LogP contribution < -0.4 is 10.6 Å². The molecule has 1 heterocycles. The predicted octanol–water partition coefficient (Wildman–Crippen LogP) is 4.76. The van der Waals surface area contributed by atoms with E-state index in [1.165, 1.54) is 10.9 Å². The first-order chi connectivity index (χ1) is 13.1. The average Bonchev–Trinajstić information content (AvgIpc) is 3.05. The number of ether oxygens (including phenoxy) is 1. The van der Waals surface area contributed by atoms with Crippen LogP contribution in [0.1, 0.15) is 58.6 Å². The van der Waals surface area contributed by atoms with Crippen LogP contribution in [-0.2, 0) is 22.7 Å². The van der Waals surface area contributed by atoms with Crippen molar-refractivity contribution >= 4 is 23.4 Å². The summed E-state index contributed by atoms with van der Waals surface area (Å²) in [6, 6.07) is 5.72. The maximum Gasteiger partial charge on any atom is 0.323 e. The second-order valence-electron chi connectivity index (χ2n) is 8.05. The number of rotatable bonds is 6. The Morgan fingerprint density at radius 2 is 1.93 bits per heavy atom. The number of hydrogen-bond acceptors (Lipinski definition) is 4. The van der Waals surface area contributed by atoms with E-state index in [1.807, 2.05) is 18.2 Å². The molecular weight excluding hydrogens is 356 g/mol. The number of anilines is 2. The molecule has 2 N–H and O–H groups in total. The van der Waals surface area contributed by atoms with Gasteiger partial charge in [0.2, 0.25) is 0 Å². The fourth-order valence-electron chi connectivity index (χ4n) is 2.66. The van der Waals surface area contributed by atoms with Gasteiger partial charge in [0, 0.05) is 5.69 Å². The molecule has 0 bridgehead atoms. The van der Waals surface area contributed by atoms with Crippen molar-refractivity contribution in [3.05, 3.63) is 41.7 Å². The molecule has 0 fully saturated rings. The number of aryl methyl sites for hydroxylation is 1. The van der Waals surface area contributed by atoms with Crippen LogP contribution in [0.25, 0.3) is 0 Å². The summed E-state index contributed by atoms with van der Waals surface area (Å²) in [4.78, 5) is 24.3. The normalized spacial score (nSPS) is 11.4. The lowest BCUT2D eigenvalue weighted by atomic mass is 9.96. The van der Waals surface area contributed by atoms with Crippen molar-refractivity contribution in [1.29, 1.82) is 0 Å². The molecular formula is C21H30N4O3. The third kappa shape index (κ3) is 5.58. The number of amides is 2. The third-order valence-corrected chi connectivity index (χ3v) is 4.26. The molecule has 0 saturated carbocycles. The Hall–Kier alpha value is -2.83. The fourth-order valence-corrected chi connectivity index (χ4v) is 2.66. The Labute approximate surface area is 166 Å². The topological polar surface area (TPSA) is 85.2 Å². The van der Waals surface area contributed by atoms with E-state index in [-0.39, 0.29) is 18.7 Å². The van der Waals surface area contributed by atoms with Crippen LogP contribution in [0.4, 0.5) is 16.2 Å². The van der Waals surface area contributed by atoms with Crippen LogP contribution in [0.15, 0.2) is 30.6 Å². The van der Waals surface area contributed by atoms with Crippen LogP contribution in [-0.4, -0.2) is 21.8 Å². The van der Waals surface area contributed by atoms with E-state index < -0.39 is 5.41 Å². The minimum atomic E-state index is -0.574. The van der Waals surface area contributed by atoms with Crippen molar-refractivity contribution in [2.75, 3.05) is 10.6 Å². The lowest BCUT2D eigenvalue weighted by molar-refractivity contribution is -0.157. The Bertz CT molecular complexity index is 834. The van der Waals surface area contributed by atoms with Crippen molar-refractivity contribution in [2.45, 2.75) is 60.6 Å². The van der Waals surface area contributed by atoms with Gasteiger partial charge in [-0.1, -0.05) is 39.0 Å². The molecule has 2 amide bonds. The van der Waals surface area contributed by atoms with Crippen LogP contribution in [0.5, 0.6) is 0 Å². The number of hydrogen-bond donors (Lipinski definition) is 2. The molecule has 7 nitrogen and oxygen atoms in total. The number of nitrogens with one attached hydrogen (secondary N) is 2. The molecule has 1 aromatic carbocycles. The van der Waals surface area contributed by atoms with Crippen molar-refractivity contribution in [2.24, 2.45) is 5.41 Å². The number of benzene rings is 1. The highest BCUT2D eigenvalue weighted by molar-refractivity contribution is 6.00. The molecule has 0 aliphatic heterocycles. The van der Waals surface area contributed by atoms with Crippen molar-refractivity contribution in [3.63, 3.8) is 0 Å². The summed E-state index contributed by atoms with van der Waals surface area (Å²) >= 11 is 0. The Morgan fingerprint density at radius 1 is 1.21 bits per heavy atom. The second kappa shape index (κ2) is 8.91. The highest BCUT2D eigenvalue weighted by Crippen LogP contribution is 2.28. The second-order valence-corrected chi connectivity index (χ2v) is 8.05. The van der Waals surface area contributed by atoms with Gasteiger partial charge in [0.1, 0.15) is 0 Å². The van der Waals surface area contributed by atoms with Gasteiger partial charge in [-0.15, -0.1) is 0 Å². The third-order valence-electron chi connectivity index (χ3n) is 4.26. The highest BCUT2D eigenvalue weighted by Gasteiger charge is 2.23. The van der Waals surface area contributed by atoms with Crippen LogP contribution >= 0.6 is 0 Å². The molecule has 2 aromatic rings. The zero-order valence-electron chi connectivity index (χ0n) is 17.5. The maximum absolute atomic E-state index is 12.5. The SMILES string of the molecule is CCc1cccc(C(C)C)c1NC(=O)Nc1cnn(COC(=O)C(C)(C)C)c1. The summed E-state index contributed by atoms with van der Waals surface area (Å²) in [7, 11) is 0. The number of esters is 1. The molecule has 28 heavy (non-hydrogen) atoms. The molecule has 0 atom stereocenters. The van der Waals surface area contributed by atoms with Crippen LogP contribution in [0, 0.1) is 5.41 Å². The van der Waals surface area contributed by atoms with Crippen molar-refractivity contribution in [3.8, 4) is 0 Å². The first-order valence-electron chi connectivity index (χ1n) is 9.51. The van der Waals surface area contributed by atoms with E-state index in [9.17, 15) is 9.59 Å². The average molecular weight is 386 g/mol. The summed E-state index contributed by atoms with van der Waals surface area (Å²) in [5.41, 5.74) is 2.98. The summed E-state index contributed by atoms with van der Waals surface area (Å²) in [5.74, 6) is -0.0188. The van der Waals surface area contributed by atoms with E-state index >= 15 is 0 Å². The monoisotopic (exact) mass is 386 g/mol. The van der Waals surface area contributed by atoms with Crippen molar-refractivity contribution in [1.82, 2.24) is 9.78 Å². The first kappa shape index (κ1) is 21.5. The van der Waals surface area contributed by atoms with E-state index in [0.717, 1.165) is 23.2 Å². The van der Waals surface area contributed by atoms with Gasteiger partial charge in [-0.3, -0.25) is 4.79 Å². The van der Waals surface area contributed by atoms with E-state index in [0.29, 0.717) is 11.6 Å². The number of urea groups is 1. The molecule has 0 unspecified atom stereocenters. The van der Waals surface area contributed by atoms with Gasteiger partial charge in [-0.25, -0.2) is 9.48 Å². The minimum absolute atomic E-state index is 0.00440. The van der Waals surface area contributed by atoms with Gasteiger partial charge >= 0.3 is 12.0 Å². The Balaban J connectivity index is 2.02. The maximum atomic E-state index is 12.5. The zero-order valence-corrected chi connectivity index (χ0v) is 17.5. The predicted molar refractivity (Wildman–Crippen MR) is 110 cm³/mol. The Kier molecular flexibility index (Phi) is 6.83. The molecule has 0 aliphatic rings. The largest absolute Gasteiger partial charge is 0.442 e. The molecule has 0 radical (unpaired) electrons. The number of carbonyl (C=O) groups is 2. The number of para-hydroxylation sites is 1. The minimum Gasteiger partial charge on any atom is -0.442 e. The van der Waals surface area contributed by atoms with E-state index in [1.54, 1.807) is 27.0 Å². The highest BCUT2D eigenvalue weighted by atomic mass is 16.5. The lowest BCUT2D eigenvalue weighted by Gasteiger charge is -2.17. The van der Waals surface area contributed by atoms with Crippen LogP contribution in [0.3, 0.4) is 0 Å². The number of carbonyl (C=O) groups excluding carboxylic acids is 2. The number of aromatic nitrogens is 2. The summed E-state index contributed by atoms with van der Waals surface area (Å²) in [5, 5.41) is 9.85. The summed E-state index contributed by atoms with van der Waals surface area (Å²) < 4.78 is 6.67.